The lowest BCUT2D eigenvalue weighted by molar-refractivity contribution is 0.566. The summed E-state index contributed by atoms with van der Waals surface area (Å²) in [6.45, 7) is 5.39. The van der Waals surface area contributed by atoms with Gasteiger partial charge in [0.05, 0.1) is 5.37 Å². The van der Waals surface area contributed by atoms with E-state index in [1.807, 2.05) is 23.9 Å². The van der Waals surface area contributed by atoms with Gasteiger partial charge in [0, 0.05) is 22.7 Å². The van der Waals surface area contributed by atoms with Crippen LogP contribution in [-0.2, 0) is 0 Å². The second-order valence-corrected chi connectivity index (χ2v) is 5.85. The van der Waals surface area contributed by atoms with E-state index in [-0.39, 0.29) is 0 Å². The largest absolute Gasteiger partial charge is 0.461 e. The minimum atomic E-state index is 0.388. The Morgan fingerprint density at radius 2 is 2.19 bits per heavy atom. The lowest BCUT2D eigenvalue weighted by Crippen LogP contribution is -2.14. The Kier molecular flexibility index (Phi) is 2.45. The van der Waals surface area contributed by atoms with Gasteiger partial charge in [-0.1, -0.05) is 25.1 Å². The zero-order chi connectivity index (χ0) is 11.1. The fraction of sp³-hybridized carbons (Fsp3) is 0.385. The smallest absolute Gasteiger partial charge is 0.134 e. The SMILES string of the molecule is Cc1oc2ccccc2c1C1NCC(C)S1. The van der Waals surface area contributed by atoms with Crippen molar-refractivity contribution in [2.45, 2.75) is 24.5 Å². The predicted octanol–water partition coefficient (Wildman–Crippen LogP) is 3.46. The van der Waals surface area contributed by atoms with E-state index < -0.39 is 0 Å². The number of fused-ring (bicyclic) bond motifs is 1. The molecule has 0 amide bonds. The van der Waals surface area contributed by atoms with Crippen molar-refractivity contribution in [3.8, 4) is 0 Å². The highest BCUT2D eigenvalue weighted by Crippen LogP contribution is 2.40. The fourth-order valence-corrected chi connectivity index (χ4v) is 3.56. The van der Waals surface area contributed by atoms with Crippen molar-refractivity contribution in [2.24, 2.45) is 0 Å². The molecule has 3 rings (SSSR count). The molecule has 84 valence electrons. The maximum absolute atomic E-state index is 5.79. The van der Waals surface area contributed by atoms with E-state index in [4.69, 9.17) is 4.42 Å². The van der Waals surface area contributed by atoms with Crippen molar-refractivity contribution in [3.05, 3.63) is 35.6 Å². The molecule has 1 N–H and O–H groups in total. The standard InChI is InChI=1S/C13H15NOS/c1-8-7-14-13(16-8)12-9(2)15-11-6-4-3-5-10(11)12/h3-6,8,13-14H,7H2,1-2H3. The average molecular weight is 233 g/mol. The highest BCUT2D eigenvalue weighted by atomic mass is 32.2. The van der Waals surface area contributed by atoms with Crippen LogP contribution in [0.25, 0.3) is 11.0 Å². The molecule has 0 radical (unpaired) electrons. The van der Waals surface area contributed by atoms with Crippen LogP contribution in [0.15, 0.2) is 28.7 Å². The van der Waals surface area contributed by atoms with Gasteiger partial charge >= 0.3 is 0 Å². The van der Waals surface area contributed by atoms with Crippen LogP contribution in [0.4, 0.5) is 0 Å². The number of furan rings is 1. The summed E-state index contributed by atoms with van der Waals surface area (Å²) in [5.74, 6) is 1.04. The van der Waals surface area contributed by atoms with Crippen molar-refractivity contribution >= 4 is 22.7 Å². The number of aryl methyl sites for hydroxylation is 1. The first-order chi connectivity index (χ1) is 7.75. The molecule has 1 aromatic heterocycles. The third kappa shape index (κ3) is 1.55. The maximum Gasteiger partial charge on any atom is 0.134 e. The van der Waals surface area contributed by atoms with Crippen molar-refractivity contribution in [2.75, 3.05) is 6.54 Å². The highest BCUT2D eigenvalue weighted by Gasteiger charge is 2.27. The van der Waals surface area contributed by atoms with Crippen LogP contribution in [0, 0.1) is 6.92 Å². The van der Waals surface area contributed by atoms with Crippen molar-refractivity contribution in [1.82, 2.24) is 5.32 Å². The first kappa shape index (κ1) is 10.2. The van der Waals surface area contributed by atoms with E-state index in [2.05, 4.69) is 31.3 Å². The van der Waals surface area contributed by atoms with Crippen LogP contribution in [-0.4, -0.2) is 11.8 Å². The number of para-hydroxylation sites is 1. The van der Waals surface area contributed by atoms with Gasteiger partial charge in [-0.25, -0.2) is 0 Å². The highest BCUT2D eigenvalue weighted by molar-refractivity contribution is 8.00. The molecule has 1 aliphatic heterocycles. The Balaban J connectivity index is 2.12. The van der Waals surface area contributed by atoms with Gasteiger partial charge in [0.25, 0.3) is 0 Å². The first-order valence-corrected chi connectivity index (χ1v) is 6.57. The van der Waals surface area contributed by atoms with E-state index in [9.17, 15) is 0 Å². The molecule has 1 fully saturated rings. The molecule has 0 bridgehead atoms. The lowest BCUT2D eigenvalue weighted by Gasteiger charge is -2.09. The van der Waals surface area contributed by atoms with E-state index in [1.165, 1.54) is 10.9 Å². The summed E-state index contributed by atoms with van der Waals surface area (Å²) in [6, 6.07) is 8.28. The van der Waals surface area contributed by atoms with Crippen molar-refractivity contribution < 1.29 is 4.42 Å². The fourth-order valence-electron chi connectivity index (χ4n) is 2.29. The van der Waals surface area contributed by atoms with Gasteiger partial charge in [0.15, 0.2) is 0 Å². The summed E-state index contributed by atoms with van der Waals surface area (Å²) >= 11 is 1.98. The number of thioether (sulfide) groups is 1. The van der Waals surface area contributed by atoms with E-state index in [0.29, 0.717) is 10.6 Å². The molecule has 2 heterocycles. The molecule has 0 spiro atoms. The zero-order valence-corrected chi connectivity index (χ0v) is 10.3. The Hall–Kier alpha value is -0.930. The Bertz CT molecular complexity index is 520. The number of hydrogen-bond acceptors (Lipinski definition) is 3. The summed E-state index contributed by atoms with van der Waals surface area (Å²) in [7, 11) is 0. The molecule has 0 saturated carbocycles. The van der Waals surface area contributed by atoms with Gasteiger partial charge in [-0.3, -0.25) is 0 Å². The molecule has 2 unspecified atom stereocenters. The molecule has 1 aromatic carbocycles. The summed E-state index contributed by atoms with van der Waals surface area (Å²) in [5, 5.41) is 5.86. The monoisotopic (exact) mass is 233 g/mol. The summed E-state index contributed by atoms with van der Waals surface area (Å²) < 4.78 is 5.79. The van der Waals surface area contributed by atoms with Crippen molar-refractivity contribution in [1.29, 1.82) is 0 Å². The molecular weight excluding hydrogens is 218 g/mol. The number of nitrogens with one attached hydrogen (secondary N) is 1. The Labute approximate surface area is 99.4 Å². The molecule has 1 aliphatic rings. The summed E-state index contributed by atoms with van der Waals surface area (Å²) in [6.07, 6.45) is 0. The quantitative estimate of drug-likeness (QED) is 0.816. The molecular formula is C13H15NOS. The normalized spacial score (nSPS) is 25.4. The number of benzene rings is 1. The molecule has 1 saturated heterocycles. The molecule has 3 heteroatoms. The topological polar surface area (TPSA) is 25.2 Å². The van der Waals surface area contributed by atoms with E-state index in [0.717, 1.165) is 17.9 Å². The lowest BCUT2D eigenvalue weighted by atomic mass is 10.1. The average Bonchev–Trinajstić information content (AvgIpc) is 2.80. The van der Waals surface area contributed by atoms with E-state index in [1.54, 1.807) is 0 Å². The molecule has 16 heavy (non-hydrogen) atoms. The van der Waals surface area contributed by atoms with Crippen LogP contribution >= 0.6 is 11.8 Å². The number of rotatable bonds is 1. The second-order valence-electron chi connectivity index (χ2n) is 4.30. The third-order valence-electron chi connectivity index (χ3n) is 3.04. The van der Waals surface area contributed by atoms with Gasteiger partial charge < -0.3 is 9.73 Å². The maximum atomic E-state index is 5.79. The molecule has 0 aliphatic carbocycles. The van der Waals surface area contributed by atoms with Crippen LogP contribution < -0.4 is 5.32 Å². The molecule has 2 nitrogen and oxygen atoms in total. The Morgan fingerprint density at radius 3 is 2.94 bits per heavy atom. The van der Waals surface area contributed by atoms with Crippen LogP contribution in [0.5, 0.6) is 0 Å². The number of hydrogen-bond donors (Lipinski definition) is 1. The summed E-state index contributed by atoms with van der Waals surface area (Å²) in [5.41, 5.74) is 2.32. The molecule has 2 aromatic rings. The van der Waals surface area contributed by atoms with Gasteiger partial charge in [0.1, 0.15) is 11.3 Å². The zero-order valence-electron chi connectivity index (χ0n) is 9.49. The first-order valence-electron chi connectivity index (χ1n) is 5.62. The van der Waals surface area contributed by atoms with Crippen molar-refractivity contribution in [3.63, 3.8) is 0 Å². The van der Waals surface area contributed by atoms with Crippen LogP contribution in [0.1, 0.15) is 23.6 Å². The second kappa shape index (κ2) is 3.82. The third-order valence-corrected chi connectivity index (χ3v) is 4.35. The van der Waals surface area contributed by atoms with Gasteiger partial charge in [0.2, 0.25) is 0 Å². The van der Waals surface area contributed by atoms with Gasteiger partial charge in [-0.15, -0.1) is 11.8 Å². The van der Waals surface area contributed by atoms with Gasteiger partial charge in [-0.05, 0) is 13.0 Å². The predicted molar refractivity (Wildman–Crippen MR) is 68.7 cm³/mol. The van der Waals surface area contributed by atoms with Gasteiger partial charge in [-0.2, -0.15) is 0 Å². The minimum absolute atomic E-state index is 0.388. The summed E-state index contributed by atoms with van der Waals surface area (Å²) in [4.78, 5) is 0. The van der Waals surface area contributed by atoms with Crippen LogP contribution in [0.3, 0.4) is 0 Å². The molecule has 2 atom stereocenters. The Morgan fingerprint density at radius 1 is 1.38 bits per heavy atom. The van der Waals surface area contributed by atoms with Crippen LogP contribution in [0.2, 0.25) is 0 Å². The van der Waals surface area contributed by atoms with E-state index >= 15 is 0 Å². The minimum Gasteiger partial charge on any atom is -0.461 e.